The number of rotatable bonds is 5. The molecule has 2 aromatic rings. The SMILES string of the molecule is Cc1ccc(/C=C/C(=O)c2ccc(S(=O)(=O)N3CCOCC3)cc2)c(C)c1. The molecule has 0 amide bonds. The molecule has 0 atom stereocenters. The standard InChI is InChI=1S/C21H23NO4S/c1-16-3-4-18(17(2)15-16)7-10-21(23)19-5-8-20(9-6-19)27(24,25)22-11-13-26-14-12-22/h3-10,15H,11-14H2,1-2H3/b10-7+. The van der Waals surface area contributed by atoms with Crippen LogP contribution in [0.1, 0.15) is 27.0 Å². The van der Waals surface area contributed by atoms with E-state index >= 15 is 0 Å². The average molecular weight is 385 g/mol. The van der Waals surface area contributed by atoms with Crippen molar-refractivity contribution < 1.29 is 17.9 Å². The molecular formula is C21H23NO4S. The number of hydrogen-bond acceptors (Lipinski definition) is 4. The quantitative estimate of drug-likeness (QED) is 0.586. The number of sulfonamides is 1. The van der Waals surface area contributed by atoms with Gasteiger partial charge in [0.15, 0.2) is 5.78 Å². The van der Waals surface area contributed by atoms with Crippen molar-refractivity contribution >= 4 is 21.9 Å². The number of benzene rings is 2. The third-order valence-corrected chi connectivity index (χ3v) is 6.50. The molecule has 2 aromatic carbocycles. The van der Waals surface area contributed by atoms with Gasteiger partial charge in [-0.3, -0.25) is 4.79 Å². The van der Waals surface area contributed by atoms with Gasteiger partial charge < -0.3 is 4.74 Å². The maximum absolute atomic E-state index is 12.6. The Hall–Kier alpha value is -2.28. The van der Waals surface area contributed by atoms with Crippen molar-refractivity contribution in [3.63, 3.8) is 0 Å². The van der Waals surface area contributed by atoms with Gasteiger partial charge in [-0.05, 0) is 55.3 Å². The fraction of sp³-hybridized carbons (Fsp3) is 0.286. The minimum absolute atomic E-state index is 0.162. The fourth-order valence-corrected chi connectivity index (χ4v) is 4.41. The third-order valence-electron chi connectivity index (χ3n) is 4.59. The Labute approximate surface area is 160 Å². The molecule has 0 bridgehead atoms. The molecule has 1 aliphatic heterocycles. The molecule has 1 aliphatic rings. The molecule has 27 heavy (non-hydrogen) atoms. The lowest BCUT2D eigenvalue weighted by Crippen LogP contribution is -2.40. The summed E-state index contributed by atoms with van der Waals surface area (Å²) in [5.41, 5.74) is 3.72. The maximum atomic E-state index is 12.6. The highest BCUT2D eigenvalue weighted by atomic mass is 32.2. The molecule has 0 aliphatic carbocycles. The second-order valence-corrected chi connectivity index (χ2v) is 8.54. The Balaban J connectivity index is 1.74. The molecule has 0 N–H and O–H groups in total. The lowest BCUT2D eigenvalue weighted by molar-refractivity contribution is 0.0730. The zero-order valence-electron chi connectivity index (χ0n) is 15.5. The number of hydrogen-bond donors (Lipinski definition) is 0. The van der Waals surface area contributed by atoms with Gasteiger partial charge in [0.2, 0.25) is 10.0 Å². The van der Waals surface area contributed by atoms with E-state index in [-0.39, 0.29) is 10.7 Å². The Morgan fingerprint density at radius 3 is 2.33 bits per heavy atom. The number of morpholine rings is 1. The molecule has 1 heterocycles. The highest BCUT2D eigenvalue weighted by Crippen LogP contribution is 2.18. The molecule has 0 saturated carbocycles. The van der Waals surface area contributed by atoms with Gasteiger partial charge in [-0.25, -0.2) is 8.42 Å². The summed E-state index contributed by atoms with van der Waals surface area (Å²) >= 11 is 0. The van der Waals surface area contributed by atoms with Crippen LogP contribution in [0.15, 0.2) is 53.4 Å². The van der Waals surface area contributed by atoms with E-state index in [4.69, 9.17) is 4.74 Å². The number of ether oxygens (including phenoxy) is 1. The van der Waals surface area contributed by atoms with Crippen LogP contribution in [0.2, 0.25) is 0 Å². The summed E-state index contributed by atoms with van der Waals surface area (Å²) in [7, 11) is -3.55. The van der Waals surface area contributed by atoms with E-state index in [1.165, 1.54) is 28.1 Å². The minimum Gasteiger partial charge on any atom is -0.379 e. The lowest BCUT2D eigenvalue weighted by atomic mass is 10.0. The van der Waals surface area contributed by atoms with Crippen LogP contribution < -0.4 is 0 Å². The number of carbonyl (C=O) groups is 1. The van der Waals surface area contributed by atoms with Crippen LogP contribution in [-0.4, -0.2) is 44.8 Å². The monoisotopic (exact) mass is 385 g/mol. The van der Waals surface area contributed by atoms with Crippen LogP contribution in [0.3, 0.4) is 0 Å². The van der Waals surface area contributed by atoms with E-state index in [2.05, 4.69) is 6.07 Å². The van der Waals surface area contributed by atoms with Gasteiger partial charge in [-0.2, -0.15) is 4.31 Å². The Morgan fingerprint density at radius 1 is 1.04 bits per heavy atom. The normalized spacial score (nSPS) is 15.9. The molecule has 0 radical (unpaired) electrons. The highest BCUT2D eigenvalue weighted by molar-refractivity contribution is 7.89. The Kier molecular flexibility index (Phi) is 5.89. The Morgan fingerprint density at radius 2 is 1.70 bits per heavy atom. The van der Waals surface area contributed by atoms with Gasteiger partial charge >= 0.3 is 0 Å². The predicted molar refractivity (Wildman–Crippen MR) is 105 cm³/mol. The van der Waals surface area contributed by atoms with Crippen LogP contribution >= 0.6 is 0 Å². The predicted octanol–water partition coefficient (Wildman–Crippen LogP) is 3.22. The van der Waals surface area contributed by atoms with Crippen LogP contribution in [0.5, 0.6) is 0 Å². The summed E-state index contributed by atoms with van der Waals surface area (Å²) in [6.07, 6.45) is 3.30. The van der Waals surface area contributed by atoms with Gasteiger partial charge in [0.05, 0.1) is 18.1 Å². The van der Waals surface area contributed by atoms with Crippen molar-refractivity contribution in [3.8, 4) is 0 Å². The molecule has 1 saturated heterocycles. The van der Waals surface area contributed by atoms with E-state index in [1.807, 2.05) is 26.0 Å². The van der Waals surface area contributed by atoms with E-state index in [1.54, 1.807) is 18.2 Å². The third kappa shape index (κ3) is 4.53. The molecule has 5 nitrogen and oxygen atoms in total. The zero-order chi connectivity index (χ0) is 19.4. The van der Waals surface area contributed by atoms with Crippen molar-refractivity contribution in [1.82, 2.24) is 4.31 Å². The van der Waals surface area contributed by atoms with Gasteiger partial charge in [-0.1, -0.05) is 29.8 Å². The number of carbonyl (C=O) groups excluding carboxylic acids is 1. The van der Waals surface area contributed by atoms with Gasteiger partial charge in [-0.15, -0.1) is 0 Å². The van der Waals surface area contributed by atoms with Gasteiger partial charge in [0.1, 0.15) is 0 Å². The largest absolute Gasteiger partial charge is 0.379 e. The molecule has 1 fully saturated rings. The number of ketones is 1. The van der Waals surface area contributed by atoms with Crippen LogP contribution in [0.4, 0.5) is 0 Å². The van der Waals surface area contributed by atoms with Crippen molar-refractivity contribution in [1.29, 1.82) is 0 Å². The lowest BCUT2D eigenvalue weighted by Gasteiger charge is -2.26. The van der Waals surface area contributed by atoms with E-state index < -0.39 is 10.0 Å². The summed E-state index contributed by atoms with van der Waals surface area (Å²) in [6.45, 7) is 5.53. The fourth-order valence-electron chi connectivity index (χ4n) is 3.00. The summed E-state index contributed by atoms with van der Waals surface area (Å²) in [6, 6.07) is 12.1. The smallest absolute Gasteiger partial charge is 0.243 e. The highest BCUT2D eigenvalue weighted by Gasteiger charge is 2.26. The zero-order valence-corrected chi connectivity index (χ0v) is 16.3. The van der Waals surface area contributed by atoms with Crippen molar-refractivity contribution in [3.05, 3.63) is 70.8 Å². The number of allylic oxidation sites excluding steroid dienone is 1. The van der Waals surface area contributed by atoms with Crippen LogP contribution in [0.25, 0.3) is 6.08 Å². The molecule has 0 spiro atoms. The molecule has 0 aromatic heterocycles. The first kappa shape index (κ1) is 19.5. The average Bonchev–Trinajstić information content (AvgIpc) is 2.68. The summed E-state index contributed by atoms with van der Waals surface area (Å²) < 4.78 is 31.8. The first-order valence-corrected chi connectivity index (χ1v) is 10.3. The van der Waals surface area contributed by atoms with E-state index in [9.17, 15) is 13.2 Å². The summed E-state index contributed by atoms with van der Waals surface area (Å²) in [5.74, 6) is -0.162. The molecule has 142 valence electrons. The van der Waals surface area contributed by atoms with Crippen LogP contribution in [0, 0.1) is 13.8 Å². The molecule has 0 unspecified atom stereocenters. The topological polar surface area (TPSA) is 63.7 Å². The molecular weight excluding hydrogens is 362 g/mol. The van der Waals surface area contributed by atoms with Crippen molar-refractivity contribution in [2.45, 2.75) is 18.7 Å². The summed E-state index contributed by atoms with van der Waals surface area (Å²) in [5, 5.41) is 0. The number of aryl methyl sites for hydroxylation is 2. The van der Waals surface area contributed by atoms with E-state index in [0.29, 0.717) is 31.9 Å². The molecule has 3 rings (SSSR count). The van der Waals surface area contributed by atoms with Gasteiger partial charge in [0, 0.05) is 18.7 Å². The first-order chi connectivity index (χ1) is 12.9. The van der Waals surface area contributed by atoms with Gasteiger partial charge in [0.25, 0.3) is 0 Å². The number of nitrogens with zero attached hydrogens (tertiary/aromatic N) is 1. The summed E-state index contributed by atoms with van der Waals surface area (Å²) in [4.78, 5) is 12.6. The van der Waals surface area contributed by atoms with Crippen LogP contribution in [-0.2, 0) is 14.8 Å². The Bertz CT molecular complexity index is 956. The van der Waals surface area contributed by atoms with Crippen molar-refractivity contribution in [2.24, 2.45) is 0 Å². The molecule has 6 heteroatoms. The minimum atomic E-state index is -3.55. The maximum Gasteiger partial charge on any atom is 0.243 e. The first-order valence-electron chi connectivity index (χ1n) is 8.85. The second-order valence-electron chi connectivity index (χ2n) is 6.60. The second kappa shape index (κ2) is 8.17. The van der Waals surface area contributed by atoms with E-state index in [0.717, 1.165) is 11.1 Å². The van der Waals surface area contributed by atoms with Crippen molar-refractivity contribution in [2.75, 3.05) is 26.3 Å².